The molecule has 0 radical (unpaired) electrons. The summed E-state index contributed by atoms with van der Waals surface area (Å²) in [5.74, 6) is 0.583. The van der Waals surface area contributed by atoms with Gasteiger partial charge in [0.2, 0.25) is 0 Å². The lowest BCUT2D eigenvalue weighted by Gasteiger charge is -2.33. The highest BCUT2D eigenvalue weighted by Crippen LogP contribution is 2.28. The van der Waals surface area contributed by atoms with Crippen LogP contribution in [-0.4, -0.2) is 42.3 Å². The maximum Gasteiger partial charge on any atom is 0.410 e. The number of ether oxygens (including phenoxy) is 2. The quantitative estimate of drug-likeness (QED) is 0.722. The van der Waals surface area contributed by atoms with E-state index in [0.29, 0.717) is 5.92 Å². The fourth-order valence-electron chi connectivity index (χ4n) is 3.13. The van der Waals surface area contributed by atoms with Gasteiger partial charge in [-0.25, -0.2) is 4.79 Å². The van der Waals surface area contributed by atoms with Gasteiger partial charge in [-0.3, -0.25) is 4.79 Å². The summed E-state index contributed by atoms with van der Waals surface area (Å²) in [5, 5.41) is 0. The first-order valence-corrected chi connectivity index (χ1v) is 9.48. The highest BCUT2D eigenvalue weighted by Gasteiger charge is 2.33. The van der Waals surface area contributed by atoms with Crippen LogP contribution in [0.1, 0.15) is 72.6 Å². The Morgan fingerprint density at radius 2 is 1.46 bits per heavy atom. The van der Waals surface area contributed by atoms with E-state index in [4.69, 9.17) is 9.47 Å². The van der Waals surface area contributed by atoms with E-state index in [1.807, 2.05) is 25.7 Å². The lowest BCUT2D eigenvalue weighted by atomic mass is 9.90. The van der Waals surface area contributed by atoms with Gasteiger partial charge in [-0.15, -0.1) is 0 Å². The molecule has 5 nitrogen and oxygen atoms in total. The van der Waals surface area contributed by atoms with Crippen LogP contribution >= 0.6 is 0 Å². The Hall–Kier alpha value is -1.26. The van der Waals surface area contributed by atoms with Gasteiger partial charge in [0.15, 0.2) is 0 Å². The number of esters is 1. The Labute approximate surface area is 146 Å². The second kappa shape index (κ2) is 8.21. The number of carbonyl (C=O) groups excluding carboxylic acids is 2. The molecule has 1 amide bonds. The van der Waals surface area contributed by atoms with Gasteiger partial charge in [0, 0.05) is 13.1 Å². The van der Waals surface area contributed by atoms with Gasteiger partial charge in [-0.1, -0.05) is 13.8 Å². The van der Waals surface area contributed by atoms with Crippen LogP contribution in [0, 0.1) is 11.3 Å². The summed E-state index contributed by atoms with van der Waals surface area (Å²) in [6.07, 6.45) is 5.76. The van der Waals surface area contributed by atoms with Crippen molar-refractivity contribution in [2.24, 2.45) is 11.3 Å². The number of likely N-dealkylation sites (tertiary alicyclic amines) is 1. The van der Waals surface area contributed by atoms with Gasteiger partial charge < -0.3 is 14.4 Å². The summed E-state index contributed by atoms with van der Waals surface area (Å²) in [5.41, 5.74) is -0.422. The minimum Gasteiger partial charge on any atom is -0.462 e. The van der Waals surface area contributed by atoms with Gasteiger partial charge in [-0.05, 0) is 64.7 Å². The second-order valence-electron chi connectivity index (χ2n) is 8.09. The number of hydrogen-bond donors (Lipinski definition) is 0. The van der Waals surface area contributed by atoms with E-state index in [9.17, 15) is 9.59 Å². The average molecular weight is 339 g/mol. The van der Waals surface area contributed by atoms with Crippen LogP contribution in [0.4, 0.5) is 4.79 Å². The summed E-state index contributed by atoms with van der Waals surface area (Å²) in [4.78, 5) is 26.2. The molecule has 0 atom stereocenters. The van der Waals surface area contributed by atoms with E-state index in [1.54, 1.807) is 0 Å². The van der Waals surface area contributed by atoms with Crippen molar-refractivity contribution in [2.75, 3.05) is 13.1 Å². The minimum atomic E-state index is -0.422. The van der Waals surface area contributed by atoms with Crippen LogP contribution in [0.15, 0.2) is 0 Å². The van der Waals surface area contributed by atoms with Crippen molar-refractivity contribution in [2.45, 2.75) is 84.8 Å². The molecule has 0 unspecified atom stereocenters. The molecule has 1 saturated carbocycles. The summed E-state index contributed by atoms with van der Waals surface area (Å²) in [7, 11) is 0. The number of nitrogens with zero attached hydrogens (tertiary/aromatic N) is 1. The smallest absolute Gasteiger partial charge is 0.410 e. The third kappa shape index (κ3) is 5.12. The van der Waals surface area contributed by atoms with Crippen molar-refractivity contribution in [3.8, 4) is 0 Å². The largest absolute Gasteiger partial charge is 0.462 e. The minimum absolute atomic E-state index is 0.0332. The molecule has 0 bridgehead atoms. The number of piperidine rings is 1. The fraction of sp³-hybridized carbons (Fsp3) is 0.895. The molecule has 1 aliphatic carbocycles. The Morgan fingerprint density at radius 1 is 0.958 bits per heavy atom. The number of amides is 1. The SMILES string of the molecule is CCC(C)(C)C(=O)OC1CCC(OC(=O)N2CCC(C)CC2)CC1. The van der Waals surface area contributed by atoms with Crippen molar-refractivity contribution < 1.29 is 19.1 Å². The van der Waals surface area contributed by atoms with E-state index >= 15 is 0 Å². The van der Waals surface area contributed by atoms with Crippen LogP contribution in [0.2, 0.25) is 0 Å². The molecule has 0 aromatic heterocycles. The molecular formula is C19H33NO4. The first-order valence-electron chi connectivity index (χ1n) is 9.48. The lowest BCUT2D eigenvalue weighted by molar-refractivity contribution is -0.162. The standard InChI is InChI=1S/C19H33NO4/c1-5-19(3,4)17(21)23-15-6-8-16(9-7-15)24-18(22)20-12-10-14(2)11-13-20/h14-16H,5-13H2,1-4H3. The third-order valence-corrected chi connectivity index (χ3v) is 5.64. The first-order chi connectivity index (χ1) is 11.3. The Bertz CT molecular complexity index is 433. The lowest BCUT2D eigenvalue weighted by Crippen LogP contribution is -2.41. The molecule has 138 valence electrons. The summed E-state index contributed by atoms with van der Waals surface area (Å²) < 4.78 is 11.3. The maximum atomic E-state index is 12.2. The van der Waals surface area contributed by atoms with Gasteiger partial charge in [0.25, 0.3) is 0 Å². The van der Waals surface area contributed by atoms with Gasteiger partial charge in [0.1, 0.15) is 12.2 Å². The normalized spacial score (nSPS) is 26.1. The molecule has 1 heterocycles. The Morgan fingerprint density at radius 3 is 1.96 bits per heavy atom. The van der Waals surface area contributed by atoms with E-state index in [0.717, 1.165) is 58.0 Å². The van der Waals surface area contributed by atoms with Crippen molar-refractivity contribution >= 4 is 12.1 Å². The van der Waals surface area contributed by atoms with E-state index < -0.39 is 5.41 Å². The van der Waals surface area contributed by atoms with Gasteiger partial charge >= 0.3 is 12.1 Å². The van der Waals surface area contributed by atoms with E-state index in [-0.39, 0.29) is 24.3 Å². The molecule has 1 saturated heterocycles. The number of carbonyl (C=O) groups is 2. The van der Waals surface area contributed by atoms with E-state index in [1.165, 1.54) is 0 Å². The van der Waals surface area contributed by atoms with Crippen LogP contribution in [-0.2, 0) is 14.3 Å². The molecule has 0 N–H and O–H groups in total. The topological polar surface area (TPSA) is 55.8 Å². The highest BCUT2D eigenvalue weighted by molar-refractivity contribution is 5.76. The fourth-order valence-corrected chi connectivity index (χ4v) is 3.13. The van der Waals surface area contributed by atoms with Crippen molar-refractivity contribution in [1.29, 1.82) is 0 Å². The highest BCUT2D eigenvalue weighted by atomic mass is 16.6. The Balaban J connectivity index is 1.71. The molecule has 0 aromatic rings. The molecule has 2 rings (SSSR count). The van der Waals surface area contributed by atoms with Gasteiger partial charge in [-0.2, -0.15) is 0 Å². The second-order valence-corrected chi connectivity index (χ2v) is 8.09. The first kappa shape index (κ1) is 19.1. The molecule has 5 heteroatoms. The van der Waals surface area contributed by atoms with Crippen LogP contribution in [0.25, 0.3) is 0 Å². The maximum absolute atomic E-state index is 12.2. The van der Waals surface area contributed by atoms with Crippen molar-refractivity contribution in [1.82, 2.24) is 4.90 Å². The zero-order chi connectivity index (χ0) is 17.7. The predicted octanol–water partition coefficient (Wildman–Crippen LogP) is 4.15. The zero-order valence-corrected chi connectivity index (χ0v) is 15.7. The molecule has 0 aromatic carbocycles. The summed E-state index contributed by atoms with van der Waals surface area (Å²) >= 11 is 0. The summed E-state index contributed by atoms with van der Waals surface area (Å²) in [6, 6.07) is 0. The van der Waals surface area contributed by atoms with E-state index in [2.05, 4.69) is 6.92 Å². The average Bonchev–Trinajstić information content (AvgIpc) is 2.57. The van der Waals surface area contributed by atoms with Crippen LogP contribution in [0.3, 0.4) is 0 Å². The predicted molar refractivity (Wildman–Crippen MR) is 92.7 cm³/mol. The molecule has 24 heavy (non-hydrogen) atoms. The molecule has 2 aliphatic rings. The monoisotopic (exact) mass is 339 g/mol. The molecule has 1 aliphatic heterocycles. The molecular weight excluding hydrogens is 306 g/mol. The van der Waals surface area contributed by atoms with Crippen molar-refractivity contribution in [3.05, 3.63) is 0 Å². The number of hydrogen-bond acceptors (Lipinski definition) is 4. The Kier molecular flexibility index (Phi) is 6.53. The molecule has 0 spiro atoms. The number of rotatable bonds is 4. The zero-order valence-electron chi connectivity index (χ0n) is 15.7. The third-order valence-electron chi connectivity index (χ3n) is 5.64. The molecule has 2 fully saturated rings. The van der Waals surface area contributed by atoms with Crippen LogP contribution in [0.5, 0.6) is 0 Å². The van der Waals surface area contributed by atoms with Crippen molar-refractivity contribution in [3.63, 3.8) is 0 Å². The summed E-state index contributed by atoms with van der Waals surface area (Å²) in [6.45, 7) is 9.67. The van der Waals surface area contributed by atoms with Gasteiger partial charge in [0.05, 0.1) is 5.41 Å². The van der Waals surface area contributed by atoms with Crippen LogP contribution < -0.4 is 0 Å².